The molecule has 0 saturated carbocycles. The third-order valence-electron chi connectivity index (χ3n) is 7.35. The molecule has 4 atom stereocenters. The molecule has 4 unspecified atom stereocenters. The standard InChI is InChI=1S/C32H36N2O8/c1-33-23(19-35)29(39)27(31(33)41)25(37)17-9-5-3-7-13-21-15-11-12-16-22(21)14-8-4-6-10-18-26(38)28-30(40)24(20-36)34(2)32(28)42/h3-11,13-15,17-18,21-24,35-38H,12,16,19-20H2,1-2H3. The molecule has 3 aliphatic rings. The third kappa shape index (κ3) is 7.20. The van der Waals surface area contributed by atoms with Crippen molar-refractivity contribution in [3.63, 3.8) is 0 Å². The largest absolute Gasteiger partial charge is 0.507 e. The van der Waals surface area contributed by atoms with Gasteiger partial charge in [-0.25, -0.2) is 0 Å². The molecule has 0 spiro atoms. The Bertz CT molecular complexity index is 1360. The van der Waals surface area contributed by atoms with Crippen molar-refractivity contribution in [1.82, 2.24) is 9.80 Å². The minimum absolute atomic E-state index is 0.160. The van der Waals surface area contributed by atoms with Gasteiger partial charge in [-0.15, -0.1) is 0 Å². The fourth-order valence-corrected chi connectivity index (χ4v) is 4.84. The Morgan fingerprint density at radius 1 is 0.738 bits per heavy atom. The van der Waals surface area contributed by atoms with Gasteiger partial charge >= 0.3 is 0 Å². The number of ketones is 2. The summed E-state index contributed by atoms with van der Waals surface area (Å²) >= 11 is 0. The van der Waals surface area contributed by atoms with Gasteiger partial charge in [-0.3, -0.25) is 19.2 Å². The molecule has 10 heteroatoms. The number of carbonyl (C=O) groups excluding carboxylic acids is 4. The molecule has 0 aromatic rings. The maximum Gasteiger partial charge on any atom is 0.261 e. The number of nitrogens with zero attached hydrogens (tertiary/aromatic N) is 2. The highest BCUT2D eigenvalue weighted by Crippen LogP contribution is 2.27. The van der Waals surface area contributed by atoms with Gasteiger partial charge in [0.05, 0.1) is 13.2 Å². The molecule has 2 fully saturated rings. The van der Waals surface area contributed by atoms with Gasteiger partial charge in [0.25, 0.3) is 11.8 Å². The molecule has 42 heavy (non-hydrogen) atoms. The quantitative estimate of drug-likeness (QED) is 0.102. The second-order valence-electron chi connectivity index (χ2n) is 9.98. The summed E-state index contributed by atoms with van der Waals surface area (Å²) in [5, 5.41) is 39.0. The molecule has 1 aliphatic carbocycles. The van der Waals surface area contributed by atoms with E-state index in [-0.39, 0.29) is 23.0 Å². The van der Waals surface area contributed by atoms with Gasteiger partial charge < -0.3 is 30.2 Å². The van der Waals surface area contributed by atoms with E-state index in [9.17, 15) is 39.6 Å². The van der Waals surface area contributed by atoms with Crippen LogP contribution in [0.3, 0.4) is 0 Å². The zero-order valence-electron chi connectivity index (χ0n) is 23.5. The van der Waals surface area contributed by atoms with Gasteiger partial charge in [0, 0.05) is 20.0 Å². The molecular formula is C32H36N2O8. The lowest BCUT2D eigenvalue weighted by Gasteiger charge is -2.22. The van der Waals surface area contributed by atoms with Crippen molar-refractivity contribution in [3.05, 3.63) is 108 Å². The van der Waals surface area contributed by atoms with E-state index in [1.807, 2.05) is 18.2 Å². The van der Waals surface area contributed by atoms with Crippen LogP contribution in [0.1, 0.15) is 12.8 Å². The Morgan fingerprint density at radius 2 is 1.19 bits per heavy atom. The van der Waals surface area contributed by atoms with Crippen LogP contribution in [0.4, 0.5) is 0 Å². The van der Waals surface area contributed by atoms with E-state index in [1.165, 1.54) is 38.4 Å². The van der Waals surface area contributed by atoms with Crippen molar-refractivity contribution in [3.8, 4) is 0 Å². The van der Waals surface area contributed by atoms with E-state index in [0.29, 0.717) is 0 Å². The van der Waals surface area contributed by atoms with Crippen LogP contribution in [0, 0.1) is 11.8 Å². The first kappa shape index (κ1) is 32.0. The van der Waals surface area contributed by atoms with Crippen molar-refractivity contribution < 1.29 is 39.6 Å². The fourth-order valence-electron chi connectivity index (χ4n) is 4.84. The van der Waals surface area contributed by atoms with Crippen LogP contribution in [0.2, 0.25) is 0 Å². The Labute approximate surface area is 244 Å². The van der Waals surface area contributed by atoms with Crippen LogP contribution < -0.4 is 0 Å². The van der Waals surface area contributed by atoms with Gasteiger partial charge in [0.2, 0.25) is 0 Å². The van der Waals surface area contributed by atoms with E-state index in [4.69, 9.17) is 0 Å². The molecule has 3 rings (SSSR count). The lowest BCUT2D eigenvalue weighted by Crippen LogP contribution is -2.34. The van der Waals surface area contributed by atoms with E-state index in [1.54, 1.807) is 24.3 Å². The van der Waals surface area contributed by atoms with Crippen LogP contribution >= 0.6 is 0 Å². The predicted octanol–water partition coefficient (Wildman–Crippen LogP) is 2.33. The Kier molecular flexibility index (Phi) is 11.3. The van der Waals surface area contributed by atoms with Crippen molar-refractivity contribution in [1.29, 1.82) is 0 Å². The fraction of sp³-hybridized carbons (Fsp3) is 0.312. The number of Topliss-reactive ketones (excluding diaryl/α,β-unsaturated/α-hetero) is 2. The average Bonchev–Trinajstić information content (AvgIpc) is 3.33. The molecule has 2 amide bonds. The zero-order valence-corrected chi connectivity index (χ0v) is 23.5. The summed E-state index contributed by atoms with van der Waals surface area (Å²) in [7, 11) is 2.80. The lowest BCUT2D eigenvalue weighted by molar-refractivity contribution is -0.126. The average molecular weight is 577 g/mol. The van der Waals surface area contributed by atoms with Crippen LogP contribution in [0.5, 0.6) is 0 Å². The number of rotatable bonds is 10. The summed E-state index contributed by atoms with van der Waals surface area (Å²) in [5.74, 6) is -2.95. The number of hydrogen-bond donors (Lipinski definition) is 4. The minimum atomic E-state index is -0.977. The number of likely N-dealkylation sites (tertiary alicyclic amines) is 2. The molecule has 0 bridgehead atoms. The normalized spacial score (nSPS) is 28.2. The first-order valence-electron chi connectivity index (χ1n) is 13.5. The Morgan fingerprint density at radius 3 is 1.64 bits per heavy atom. The van der Waals surface area contributed by atoms with Crippen molar-refractivity contribution in [2.75, 3.05) is 27.3 Å². The highest BCUT2D eigenvalue weighted by atomic mass is 16.3. The highest BCUT2D eigenvalue weighted by molar-refractivity contribution is 6.27. The summed E-state index contributed by atoms with van der Waals surface area (Å²) in [6, 6.07) is -1.95. The minimum Gasteiger partial charge on any atom is -0.507 e. The molecule has 10 nitrogen and oxygen atoms in total. The second-order valence-corrected chi connectivity index (χ2v) is 9.98. The van der Waals surface area contributed by atoms with E-state index in [0.717, 1.165) is 22.6 Å². The molecule has 0 aromatic carbocycles. The van der Waals surface area contributed by atoms with Gasteiger partial charge in [0.1, 0.15) is 34.7 Å². The SMILES string of the molecule is CN1C(=O)C(=C(O)C=CC=CC=CC2C=CCCC2C=CC=CC=CC(O)=C2C(=O)C(CO)N(C)C2=O)C(=O)C1CO. The number of likely N-dealkylation sites (N-methyl/N-ethyl adjacent to an activating group) is 2. The molecular weight excluding hydrogens is 540 g/mol. The predicted molar refractivity (Wildman–Crippen MR) is 157 cm³/mol. The van der Waals surface area contributed by atoms with Crippen LogP contribution in [-0.2, 0) is 19.2 Å². The molecule has 2 heterocycles. The van der Waals surface area contributed by atoms with Gasteiger partial charge in [-0.1, -0.05) is 72.9 Å². The maximum atomic E-state index is 12.2. The zero-order chi connectivity index (χ0) is 30.8. The molecule has 0 aromatic heterocycles. The monoisotopic (exact) mass is 576 g/mol. The summed E-state index contributed by atoms with van der Waals surface area (Å²) in [5.41, 5.74) is -0.665. The van der Waals surface area contributed by atoms with Crippen molar-refractivity contribution >= 4 is 23.4 Å². The summed E-state index contributed by atoms with van der Waals surface area (Å²) in [4.78, 5) is 51.0. The van der Waals surface area contributed by atoms with Gasteiger partial charge in [-0.2, -0.15) is 0 Å². The molecule has 0 radical (unpaired) electrons. The van der Waals surface area contributed by atoms with Crippen LogP contribution in [0.25, 0.3) is 0 Å². The number of aliphatic hydroxyl groups excluding tert-OH is 4. The molecule has 4 N–H and O–H groups in total. The molecule has 222 valence electrons. The summed E-state index contributed by atoms with van der Waals surface area (Å²) in [6.07, 6.45) is 26.5. The summed E-state index contributed by atoms with van der Waals surface area (Å²) in [6.45, 7) is -1.02. The van der Waals surface area contributed by atoms with E-state index < -0.39 is 60.2 Å². The van der Waals surface area contributed by atoms with Crippen LogP contribution in [0.15, 0.2) is 108 Å². The van der Waals surface area contributed by atoms with Crippen molar-refractivity contribution in [2.24, 2.45) is 11.8 Å². The number of carbonyl (C=O) groups is 4. The first-order chi connectivity index (χ1) is 20.1. The van der Waals surface area contributed by atoms with E-state index in [2.05, 4.69) is 18.2 Å². The number of hydrogen-bond acceptors (Lipinski definition) is 8. The Hall–Kier alpha value is -4.54. The number of amides is 2. The van der Waals surface area contributed by atoms with Gasteiger partial charge in [0.15, 0.2) is 11.6 Å². The topological polar surface area (TPSA) is 156 Å². The Balaban J connectivity index is 1.56. The highest BCUT2D eigenvalue weighted by Gasteiger charge is 2.43. The number of allylic oxidation sites excluding steroid dienone is 14. The molecule has 2 aliphatic heterocycles. The number of aliphatic hydroxyl groups is 4. The third-order valence-corrected chi connectivity index (χ3v) is 7.35. The van der Waals surface area contributed by atoms with Crippen LogP contribution in [-0.4, -0.2) is 93.0 Å². The maximum absolute atomic E-state index is 12.2. The van der Waals surface area contributed by atoms with Gasteiger partial charge in [-0.05, 0) is 30.9 Å². The van der Waals surface area contributed by atoms with E-state index >= 15 is 0 Å². The second kappa shape index (κ2) is 14.9. The smallest absolute Gasteiger partial charge is 0.261 e. The first-order valence-corrected chi connectivity index (χ1v) is 13.5. The lowest BCUT2D eigenvalue weighted by atomic mass is 9.83. The summed E-state index contributed by atoms with van der Waals surface area (Å²) < 4.78 is 0. The van der Waals surface area contributed by atoms with Crippen molar-refractivity contribution in [2.45, 2.75) is 24.9 Å². The molecule has 2 saturated heterocycles.